The van der Waals surface area contributed by atoms with Gasteiger partial charge in [0.05, 0.1) is 11.6 Å². The summed E-state index contributed by atoms with van der Waals surface area (Å²) in [7, 11) is 1.60. The van der Waals surface area contributed by atoms with Gasteiger partial charge in [-0.15, -0.1) is 0 Å². The Balaban J connectivity index is 2.45. The molecule has 4 nitrogen and oxygen atoms in total. The largest absolute Gasteiger partial charge is 0.496 e. The van der Waals surface area contributed by atoms with Gasteiger partial charge in [0.2, 0.25) is 0 Å². The van der Waals surface area contributed by atoms with Gasteiger partial charge < -0.3 is 4.74 Å². The normalized spacial score (nSPS) is 10.0. The number of carbonyl (C=O) groups excluding carboxylic acids is 1. The van der Waals surface area contributed by atoms with Crippen molar-refractivity contribution >= 4 is 22.2 Å². The molecule has 17 heavy (non-hydrogen) atoms. The number of methoxy groups -OCH3 is 1. The van der Waals surface area contributed by atoms with Gasteiger partial charge in [-0.2, -0.15) is 0 Å². The predicted molar refractivity (Wildman–Crippen MR) is 67.1 cm³/mol. The number of nitrogens with zero attached hydrogens (tertiary/aromatic N) is 2. The molecule has 0 saturated carbocycles. The van der Waals surface area contributed by atoms with Crippen LogP contribution in [0.1, 0.15) is 10.5 Å². The number of aromatic nitrogens is 2. The fourth-order valence-corrected chi connectivity index (χ4v) is 1.92. The molecule has 1 heterocycles. The molecule has 0 fully saturated rings. The summed E-state index contributed by atoms with van der Waals surface area (Å²) in [4.78, 5) is 18.9. The van der Waals surface area contributed by atoms with E-state index in [9.17, 15) is 4.79 Å². The minimum Gasteiger partial charge on any atom is -0.496 e. The smallest absolute Gasteiger partial charge is 0.168 e. The van der Waals surface area contributed by atoms with E-state index in [0.717, 1.165) is 15.8 Å². The molecule has 0 saturated heterocycles. The summed E-state index contributed by atoms with van der Waals surface area (Å²) in [5.74, 6) is 1.25. The maximum atomic E-state index is 10.6. The van der Waals surface area contributed by atoms with Gasteiger partial charge in [-0.3, -0.25) is 4.79 Å². The topological polar surface area (TPSA) is 52.1 Å². The van der Waals surface area contributed by atoms with Gasteiger partial charge in [-0.1, -0.05) is 0 Å². The van der Waals surface area contributed by atoms with E-state index >= 15 is 0 Å². The van der Waals surface area contributed by atoms with Gasteiger partial charge in [0.25, 0.3) is 0 Å². The number of aldehydes is 1. The molecular weight excluding hydrogens is 284 g/mol. The molecule has 0 aliphatic rings. The number of halogens is 1. The van der Waals surface area contributed by atoms with Crippen molar-refractivity contribution in [3.63, 3.8) is 0 Å². The lowest BCUT2D eigenvalue weighted by atomic mass is 10.2. The van der Waals surface area contributed by atoms with Crippen LogP contribution in [0.3, 0.4) is 0 Å². The Morgan fingerprint density at radius 2 is 2.18 bits per heavy atom. The number of carbonyl (C=O) groups is 1. The van der Waals surface area contributed by atoms with Gasteiger partial charge in [-0.05, 0) is 40.2 Å². The van der Waals surface area contributed by atoms with Crippen LogP contribution in [0, 0.1) is 0 Å². The molecule has 0 spiro atoms. The highest BCUT2D eigenvalue weighted by Gasteiger charge is 2.06. The average Bonchev–Trinajstić information content (AvgIpc) is 2.38. The zero-order chi connectivity index (χ0) is 12.3. The Bertz CT molecular complexity index is 558. The Kier molecular flexibility index (Phi) is 3.49. The molecule has 1 aromatic heterocycles. The Morgan fingerprint density at radius 3 is 2.82 bits per heavy atom. The number of hydrogen-bond donors (Lipinski definition) is 0. The van der Waals surface area contributed by atoms with Crippen LogP contribution < -0.4 is 4.74 Å². The first-order chi connectivity index (χ1) is 8.24. The van der Waals surface area contributed by atoms with Crippen molar-refractivity contribution in [3.05, 3.63) is 40.6 Å². The molecule has 1 aromatic carbocycles. The van der Waals surface area contributed by atoms with Gasteiger partial charge in [-0.25, -0.2) is 9.97 Å². The van der Waals surface area contributed by atoms with E-state index in [1.165, 1.54) is 0 Å². The molecule has 2 aromatic rings. The SMILES string of the molecule is COc1ccc(-c2nccc(C=O)n2)cc1Br. The molecule has 0 unspecified atom stereocenters. The van der Waals surface area contributed by atoms with Crippen molar-refractivity contribution in [2.45, 2.75) is 0 Å². The molecule has 86 valence electrons. The molecule has 2 rings (SSSR count). The molecular formula is C12H9BrN2O2. The van der Waals surface area contributed by atoms with Crippen LogP contribution >= 0.6 is 15.9 Å². The van der Waals surface area contributed by atoms with Gasteiger partial charge >= 0.3 is 0 Å². The number of benzene rings is 1. The summed E-state index contributed by atoms with van der Waals surface area (Å²) >= 11 is 3.39. The lowest BCUT2D eigenvalue weighted by Gasteiger charge is -2.05. The third kappa shape index (κ3) is 2.50. The monoisotopic (exact) mass is 292 g/mol. The first kappa shape index (κ1) is 11.7. The Hall–Kier alpha value is -1.75. The zero-order valence-electron chi connectivity index (χ0n) is 9.05. The van der Waals surface area contributed by atoms with Crippen LogP contribution in [0.25, 0.3) is 11.4 Å². The minimum absolute atomic E-state index is 0.363. The van der Waals surface area contributed by atoms with Gasteiger partial charge in [0.15, 0.2) is 12.1 Å². The first-order valence-corrected chi connectivity index (χ1v) is 5.66. The van der Waals surface area contributed by atoms with Gasteiger partial charge in [0, 0.05) is 11.8 Å². The molecule has 0 bridgehead atoms. The van der Waals surface area contributed by atoms with Gasteiger partial charge in [0.1, 0.15) is 11.4 Å². The third-order valence-electron chi connectivity index (χ3n) is 2.21. The molecule has 0 aliphatic heterocycles. The fourth-order valence-electron chi connectivity index (χ4n) is 1.38. The standard InChI is InChI=1S/C12H9BrN2O2/c1-17-11-3-2-8(6-10(11)13)12-14-5-4-9(7-16)15-12/h2-7H,1H3. The summed E-state index contributed by atoms with van der Waals surface area (Å²) < 4.78 is 5.95. The van der Waals surface area contributed by atoms with E-state index in [1.807, 2.05) is 18.2 Å². The van der Waals surface area contributed by atoms with Crippen molar-refractivity contribution < 1.29 is 9.53 Å². The summed E-state index contributed by atoms with van der Waals surface area (Å²) in [6.07, 6.45) is 2.26. The number of hydrogen-bond acceptors (Lipinski definition) is 4. The second-order valence-electron chi connectivity index (χ2n) is 3.27. The van der Waals surface area contributed by atoms with Crippen LogP contribution in [-0.4, -0.2) is 23.4 Å². The highest BCUT2D eigenvalue weighted by Crippen LogP contribution is 2.28. The summed E-state index contributed by atoms with van der Waals surface area (Å²) in [6.45, 7) is 0. The van der Waals surface area contributed by atoms with E-state index in [2.05, 4.69) is 25.9 Å². The van der Waals surface area contributed by atoms with Crippen LogP contribution in [0.4, 0.5) is 0 Å². The molecule has 5 heteroatoms. The highest BCUT2D eigenvalue weighted by atomic mass is 79.9. The number of rotatable bonds is 3. The predicted octanol–water partition coefficient (Wildman–Crippen LogP) is 2.73. The summed E-state index contributed by atoms with van der Waals surface area (Å²) in [5, 5.41) is 0. The quantitative estimate of drug-likeness (QED) is 0.816. The molecule has 0 amide bonds. The van der Waals surface area contributed by atoms with E-state index < -0.39 is 0 Å². The molecule has 0 radical (unpaired) electrons. The lowest BCUT2D eigenvalue weighted by Crippen LogP contribution is -1.94. The van der Waals surface area contributed by atoms with E-state index in [-0.39, 0.29) is 0 Å². The zero-order valence-corrected chi connectivity index (χ0v) is 10.6. The minimum atomic E-state index is 0.363. The second kappa shape index (κ2) is 5.05. The van der Waals surface area contributed by atoms with Crippen LogP contribution in [0.15, 0.2) is 34.9 Å². The Morgan fingerprint density at radius 1 is 1.35 bits per heavy atom. The molecule has 0 atom stereocenters. The Labute approximate surface area is 107 Å². The summed E-state index contributed by atoms with van der Waals surface area (Å²) in [5.41, 5.74) is 1.18. The lowest BCUT2D eigenvalue weighted by molar-refractivity contribution is 0.111. The van der Waals surface area contributed by atoms with Crippen LogP contribution in [-0.2, 0) is 0 Å². The summed E-state index contributed by atoms with van der Waals surface area (Å²) in [6, 6.07) is 7.07. The molecule has 0 N–H and O–H groups in total. The first-order valence-electron chi connectivity index (χ1n) is 4.86. The van der Waals surface area contributed by atoms with E-state index in [4.69, 9.17) is 4.74 Å². The highest BCUT2D eigenvalue weighted by molar-refractivity contribution is 9.10. The number of ether oxygens (including phenoxy) is 1. The maximum Gasteiger partial charge on any atom is 0.168 e. The van der Waals surface area contributed by atoms with Crippen LogP contribution in [0.2, 0.25) is 0 Å². The van der Waals surface area contributed by atoms with Crippen molar-refractivity contribution in [1.82, 2.24) is 9.97 Å². The van der Waals surface area contributed by atoms with Crippen molar-refractivity contribution in [2.24, 2.45) is 0 Å². The van der Waals surface area contributed by atoms with Crippen LogP contribution in [0.5, 0.6) is 5.75 Å². The van der Waals surface area contributed by atoms with Crippen molar-refractivity contribution in [1.29, 1.82) is 0 Å². The van der Waals surface area contributed by atoms with E-state index in [1.54, 1.807) is 19.4 Å². The fraction of sp³-hybridized carbons (Fsp3) is 0.0833. The van der Waals surface area contributed by atoms with Crippen molar-refractivity contribution in [2.75, 3.05) is 7.11 Å². The second-order valence-corrected chi connectivity index (χ2v) is 4.13. The van der Waals surface area contributed by atoms with E-state index in [0.29, 0.717) is 17.8 Å². The third-order valence-corrected chi connectivity index (χ3v) is 2.83. The molecule has 0 aliphatic carbocycles. The van der Waals surface area contributed by atoms with Crippen molar-refractivity contribution in [3.8, 4) is 17.1 Å². The average molecular weight is 293 g/mol. The maximum absolute atomic E-state index is 10.6.